The monoisotopic (exact) mass is 270 g/mol. The molecule has 0 aromatic heterocycles. The van der Waals surface area contributed by atoms with E-state index >= 15 is 0 Å². The van der Waals surface area contributed by atoms with Crippen molar-refractivity contribution in [2.75, 3.05) is 13.2 Å². The first kappa shape index (κ1) is 16.4. The lowest BCUT2D eigenvalue weighted by Gasteiger charge is -2.32. The molecule has 0 bridgehead atoms. The molecule has 0 radical (unpaired) electrons. The Labute approximate surface area is 117 Å². The van der Waals surface area contributed by atoms with Crippen LogP contribution in [-0.2, 0) is 9.53 Å². The van der Waals surface area contributed by atoms with Gasteiger partial charge in [-0.2, -0.15) is 0 Å². The van der Waals surface area contributed by atoms with E-state index in [4.69, 9.17) is 4.74 Å². The van der Waals surface area contributed by atoms with Crippen LogP contribution in [0.2, 0.25) is 0 Å². The first-order valence-electron chi connectivity index (χ1n) is 7.54. The van der Waals surface area contributed by atoms with Crippen LogP contribution in [0.15, 0.2) is 0 Å². The quantitative estimate of drug-likeness (QED) is 0.771. The molecule has 1 amide bonds. The third-order valence-electron chi connectivity index (χ3n) is 3.60. The average molecular weight is 270 g/mol. The number of carbonyl (C=O) groups is 1. The van der Waals surface area contributed by atoms with Gasteiger partial charge in [0.1, 0.15) is 0 Å². The third-order valence-corrected chi connectivity index (χ3v) is 3.60. The summed E-state index contributed by atoms with van der Waals surface area (Å²) < 4.78 is 5.48. The number of rotatable bonds is 7. The van der Waals surface area contributed by atoms with E-state index < -0.39 is 0 Å². The Morgan fingerprint density at radius 2 is 1.89 bits per heavy atom. The maximum absolute atomic E-state index is 12.6. The molecule has 4 nitrogen and oxygen atoms in total. The van der Waals surface area contributed by atoms with Gasteiger partial charge in [0.05, 0.1) is 24.9 Å². The van der Waals surface area contributed by atoms with Crippen LogP contribution in [0.3, 0.4) is 0 Å². The van der Waals surface area contributed by atoms with Crippen molar-refractivity contribution in [1.29, 1.82) is 0 Å². The van der Waals surface area contributed by atoms with Crippen molar-refractivity contribution in [3.05, 3.63) is 0 Å². The van der Waals surface area contributed by atoms with E-state index in [1.165, 1.54) is 0 Å². The first-order chi connectivity index (χ1) is 8.88. The molecule has 3 atom stereocenters. The molecule has 112 valence electrons. The van der Waals surface area contributed by atoms with E-state index in [9.17, 15) is 4.79 Å². The van der Waals surface area contributed by atoms with Gasteiger partial charge in [0.2, 0.25) is 5.91 Å². The molecule has 1 rings (SSSR count). The number of hydrogen-bond donors (Lipinski definition) is 1. The lowest BCUT2D eigenvalue weighted by atomic mass is 10.0. The molecule has 0 aromatic rings. The van der Waals surface area contributed by atoms with Gasteiger partial charge in [0.15, 0.2) is 0 Å². The SMILES string of the molecule is CCOCC(C)N1C(=O)C(CC(C)C)NC1C(C)C. The Kier molecular flexibility index (Phi) is 6.27. The molecule has 1 fully saturated rings. The van der Waals surface area contributed by atoms with E-state index in [2.05, 4.69) is 39.9 Å². The fourth-order valence-electron chi connectivity index (χ4n) is 2.69. The second kappa shape index (κ2) is 7.25. The van der Waals surface area contributed by atoms with Crippen molar-refractivity contribution in [1.82, 2.24) is 10.2 Å². The van der Waals surface area contributed by atoms with E-state index in [1.54, 1.807) is 0 Å². The van der Waals surface area contributed by atoms with Gasteiger partial charge >= 0.3 is 0 Å². The van der Waals surface area contributed by atoms with Crippen LogP contribution in [0.5, 0.6) is 0 Å². The van der Waals surface area contributed by atoms with Crippen molar-refractivity contribution in [3.8, 4) is 0 Å². The lowest BCUT2D eigenvalue weighted by Crippen LogP contribution is -2.47. The minimum absolute atomic E-state index is 0.0310. The molecule has 0 aromatic carbocycles. The Hall–Kier alpha value is -0.610. The number of nitrogens with zero attached hydrogens (tertiary/aromatic N) is 1. The standard InChI is InChI=1S/C15H30N2O2/c1-7-19-9-12(6)17-14(11(4)5)16-13(15(17)18)8-10(2)3/h10-14,16H,7-9H2,1-6H3. The Bertz CT molecular complexity index is 292. The number of ether oxygens (including phenoxy) is 1. The molecular formula is C15H30N2O2. The van der Waals surface area contributed by atoms with Crippen LogP contribution in [0.25, 0.3) is 0 Å². The molecule has 1 saturated heterocycles. The first-order valence-corrected chi connectivity index (χ1v) is 7.54. The molecule has 1 aliphatic rings. The fourth-order valence-corrected chi connectivity index (χ4v) is 2.69. The zero-order valence-corrected chi connectivity index (χ0v) is 13.3. The maximum atomic E-state index is 12.6. The van der Waals surface area contributed by atoms with Gasteiger partial charge in [-0.25, -0.2) is 0 Å². The van der Waals surface area contributed by atoms with Gasteiger partial charge in [0.25, 0.3) is 0 Å². The molecule has 0 saturated carbocycles. The van der Waals surface area contributed by atoms with Crippen molar-refractivity contribution in [2.45, 2.75) is 66.2 Å². The Morgan fingerprint density at radius 1 is 1.26 bits per heavy atom. The maximum Gasteiger partial charge on any atom is 0.241 e. The zero-order chi connectivity index (χ0) is 14.6. The minimum atomic E-state index is -0.0310. The van der Waals surface area contributed by atoms with Crippen molar-refractivity contribution in [2.24, 2.45) is 11.8 Å². The lowest BCUT2D eigenvalue weighted by molar-refractivity contribution is -0.134. The van der Waals surface area contributed by atoms with Crippen LogP contribution in [0.4, 0.5) is 0 Å². The number of nitrogens with one attached hydrogen (secondary N) is 1. The highest BCUT2D eigenvalue weighted by molar-refractivity contribution is 5.84. The molecule has 19 heavy (non-hydrogen) atoms. The van der Waals surface area contributed by atoms with Gasteiger partial charge in [-0.05, 0) is 32.1 Å². The summed E-state index contributed by atoms with van der Waals surface area (Å²) in [5.41, 5.74) is 0. The summed E-state index contributed by atoms with van der Waals surface area (Å²) in [6, 6.07) is 0.0981. The van der Waals surface area contributed by atoms with Gasteiger partial charge in [-0.1, -0.05) is 27.7 Å². The average Bonchev–Trinajstić information content (AvgIpc) is 2.63. The predicted octanol–water partition coefficient (Wildman–Crippen LogP) is 2.24. The highest BCUT2D eigenvalue weighted by atomic mass is 16.5. The van der Waals surface area contributed by atoms with E-state index in [1.807, 2.05) is 11.8 Å². The van der Waals surface area contributed by atoms with Crippen molar-refractivity contribution >= 4 is 5.91 Å². The van der Waals surface area contributed by atoms with Crippen LogP contribution >= 0.6 is 0 Å². The molecule has 1 heterocycles. The summed E-state index contributed by atoms with van der Waals surface area (Å²) in [7, 11) is 0. The number of amides is 1. The Morgan fingerprint density at radius 3 is 2.37 bits per heavy atom. The summed E-state index contributed by atoms with van der Waals surface area (Å²) in [5, 5.41) is 3.50. The van der Waals surface area contributed by atoms with Crippen molar-refractivity contribution in [3.63, 3.8) is 0 Å². The molecule has 0 spiro atoms. The third kappa shape index (κ3) is 4.18. The van der Waals surface area contributed by atoms with Gasteiger partial charge in [-0.3, -0.25) is 10.1 Å². The summed E-state index contributed by atoms with van der Waals surface area (Å²) >= 11 is 0. The summed E-state index contributed by atoms with van der Waals surface area (Å²) in [6.45, 7) is 14.0. The van der Waals surface area contributed by atoms with Gasteiger partial charge < -0.3 is 9.64 Å². The van der Waals surface area contributed by atoms with E-state index in [0.29, 0.717) is 25.0 Å². The van der Waals surface area contributed by atoms with Crippen LogP contribution in [0, 0.1) is 11.8 Å². The topological polar surface area (TPSA) is 41.6 Å². The molecule has 3 unspecified atom stereocenters. The largest absolute Gasteiger partial charge is 0.380 e. The van der Waals surface area contributed by atoms with Gasteiger partial charge in [0, 0.05) is 6.61 Å². The number of carbonyl (C=O) groups excluding carboxylic acids is 1. The molecule has 1 N–H and O–H groups in total. The van der Waals surface area contributed by atoms with Crippen LogP contribution in [0.1, 0.15) is 48.0 Å². The zero-order valence-electron chi connectivity index (χ0n) is 13.3. The highest BCUT2D eigenvalue weighted by Gasteiger charge is 2.42. The van der Waals surface area contributed by atoms with E-state index in [0.717, 1.165) is 6.42 Å². The molecule has 0 aliphatic carbocycles. The normalized spacial score (nSPS) is 25.7. The van der Waals surface area contributed by atoms with Crippen LogP contribution in [-0.4, -0.2) is 42.3 Å². The van der Waals surface area contributed by atoms with E-state index in [-0.39, 0.29) is 24.2 Å². The molecular weight excluding hydrogens is 240 g/mol. The van der Waals surface area contributed by atoms with Crippen molar-refractivity contribution < 1.29 is 9.53 Å². The number of hydrogen-bond acceptors (Lipinski definition) is 3. The molecule has 4 heteroatoms. The Balaban J connectivity index is 2.76. The van der Waals surface area contributed by atoms with Crippen LogP contribution < -0.4 is 5.32 Å². The second-order valence-electron chi connectivity index (χ2n) is 6.29. The molecule has 1 aliphatic heterocycles. The summed E-state index contributed by atoms with van der Waals surface area (Å²) in [6.07, 6.45) is 1.03. The summed E-state index contributed by atoms with van der Waals surface area (Å²) in [4.78, 5) is 14.6. The second-order valence-corrected chi connectivity index (χ2v) is 6.29. The summed E-state index contributed by atoms with van der Waals surface area (Å²) in [5.74, 6) is 1.17. The smallest absolute Gasteiger partial charge is 0.241 e. The minimum Gasteiger partial charge on any atom is -0.380 e. The highest BCUT2D eigenvalue weighted by Crippen LogP contribution is 2.23. The fraction of sp³-hybridized carbons (Fsp3) is 0.933. The predicted molar refractivity (Wildman–Crippen MR) is 77.8 cm³/mol. The van der Waals surface area contributed by atoms with Gasteiger partial charge in [-0.15, -0.1) is 0 Å².